The summed E-state index contributed by atoms with van der Waals surface area (Å²) >= 11 is 6.27. The third kappa shape index (κ3) is 6.54. The van der Waals surface area contributed by atoms with Crippen molar-refractivity contribution in [3.63, 3.8) is 0 Å². The normalized spacial score (nSPS) is 13.7. The van der Waals surface area contributed by atoms with E-state index in [2.05, 4.69) is 63.8 Å². The first-order valence-corrected chi connectivity index (χ1v) is 16.1. The molecule has 47 heavy (non-hydrogen) atoms. The number of anilines is 4. The van der Waals surface area contributed by atoms with Crippen LogP contribution in [-0.4, -0.2) is 63.4 Å². The van der Waals surface area contributed by atoms with Crippen molar-refractivity contribution in [2.75, 3.05) is 42.7 Å². The van der Waals surface area contributed by atoms with Gasteiger partial charge in [0.2, 0.25) is 5.95 Å². The Morgan fingerprint density at radius 3 is 2.45 bits per heavy atom. The molecule has 1 aliphatic rings. The molecule has 2 N–H and O–H groups in total. The number of rotatable bonds is 8. The molecule has 6 aromatic rings. The molecule has 1 amide bonds. The predicted molar refractivity (Wildman–Crippen MR) is 190 cm³/mol. The van der Waals surface area contributed by atoms with Crippen molar-refractivity contribution < 1.29 is 4.79 Å². The molecule has 0 unspecified atom stereocenters. The number of pyridine rings is 1. The molecule has 3 aromatic heterocycles. The zero-order valence-corrected chi connectivity index (χ0v) is 27.0. The van der Waals surface area contributed by atoms with Gasteiger partial charge in [-0.05, 0) is 93.7 Å². The van der Waals surface area contributed by atoms with Gasteiger partial charge in [0.25, 0.3) is 5.91 Å². The van der Waals surface area contributed by atoms with Crippen LogP contribution in [-0.2, 0) is 0 Å². The Hall–Kier alpha value is -5.25. The van der Waals surface area contributed by atoms with Crippen LogP contribution in [0.3, 0.4) is 0 Å². The lowest BCUT2D eigenvalue weighted by atomic mass is 10.0. The largest absolute Gasteiger partial charge is 0.371 e. The van der Waals surface area contributed by atoms with Gasteiger partial charge in [-0.15, -0.1) is 0 Å². The maximum atomic E-state index is 13.0. The molecule has 10 heteroatoms. The van der Waals surface area contributed by atoms with Gasteiger partial charge in [-0.3, -0.25) is 9.20 Å². The molecule has 7 rings (SSSR count). The van der Waals surface area contributed by atoms with E-state index in [-0.39, 0.29) is 5.91 Å². The van der Waals surface area contributed by atoms with Crippen LogP contribution < -0.4 is 15.5 Å². The SMILES string of the molecule is CN(C)C1CCN(c2ccc(Nc3nccc(-c4c(-c5cccc(NC(=O)c6ccccc6Cl)c5)nc5ccccn45)n3)cc2)CC1. The van der Waals surface area contributed by atoms with Crippen LogP contribution in [0.25, 0.3) is 28.3 Å². The molecule has 0 atom stereocenters. The van der Waals surface area contributed by atoms with Gasteiger partial charge in [-0.2, -0.15) is 0 Å². The number of fused-ring (bicyclic) bond motifs is 1. The zero-order valence-electron chi connectivity index (χ0n) is 26.3. The third-order valence-corrected chi connectivity index (χ3v) is 8.95. The Labute approximate surface area is 278 Å². The number of benzene rings is 3. The van der Waals surface area contributed by atoms with Crippen molar-refractivity contribution in [2.45, 2.75) is 18.9 Å². The number of amides is 1. The van der Waals surface area contributed by atoms with Gasteiger partial charge in [-0.25, -0.2) is 15.0 Å². The van der Waals surface area contributed by atoms with E-state index >= 15 is 0 Å². The van der Waals surface area contributed by atoms with E-state index in [0.29, 0.717) is 34.0 Å². The zero-order chi connectivity index (χ0) is 32.3. The second kappa shape index (κ2) is 13.2. The summed E-state index contributed by atoms with van der Waals surface area (Å²) in [5.41, 5.74) is 7.05. The van der Waals surface area contributed by atoms with Gasteiger partial charge in [0.1, 0.15) is 5.65 Å². The first-order valence-electron chi connectivity index (χ1n) is 15.7. The molecule has 0 aliphatic carbocycles. The Bertz CT molecular complexity index is 2030. The van der Waals surface area contributed by atoms with E-state index in [1.54, 1.807) is 30.5 Å². The number of imidazole rings is 1. The first-order chi connectivity index (χ1) is 22.9. The number of halogens is 1. The number of nitrogens with one attached hydrogen (secondary N) is 2. The monoisotopic (exact) mass is 642 g/mol. The van der Waals surface area contributed by atoms with Gasteiger partial charge in [0.15, 0.2) is 0 Å². The summed E-state index contributed by atoms with van der Waals surface area (Å²) in [5.74, 6) is 0.205. The highest BCUT2D eigenvalue weighted by Crippen LogP contribution is 2.34. The molecule has 0 radical (unpaired) electrons. The van der Waals surface area contributed by atoms with Crippen LogP contribution in [0.15, 0.2) is 109 Å². The van der Waals surface area contributed by atoms with Gasteiger partial charge in [0, 0.05) is 54.2 Å². The number of piperidine rings is 1. The Morgan fingerprint density at radius 1 is 0.872 bits per heavy atom. The van der Waals surface area contributed by atoms with E-state index in [9.17, 15) is 4.79 Å². The standard InChI is InChI=1S/C37H35ClN8O/c1-44(2)28-18-22-45(23-19-28)29-15-13-26(14-16-29)41-37-39-20-17-32(42-37)35-34(43-33-12-5-6-21-46(33)35)25-8-7-9-27(24-25)40-36(47)30-10-3-4-11-31(30)38/h3-17,20-21,24,28H,18-19,22-23H2,1-2H3,(H,40,47)(H,39,41,42). The summed E-state index contributed by atoms with van der Waals surface area (Å²) in [5, 5.41) is 6.75. The van der Waals surface area contributed by atoms with Gasteiger partial charge >= 0.3 is 0 Å². The number of carbonyl (C=O) groups excluding carboxylic acids is 1. The highest BCUT2D eigenvalue weighted by Gasteiger charge is 2.21. The number of hydrogen-bond donors (Lipinski definition) is 2. The molecular formula is C37H35ClN8O. The second-order valence-electron chi connectivity index (χ2n) is 11.9. The topological polar surface area (TPSA) is 90.7 Å². The van der Waals surface area contributed by atoms with Crippen molar-refractivity contribution >= 4 is 46.2 Å². The maximum absolute atomic E-state index is 13.0. The van der Waals surface area contributed by atoms with Crippen molar-refractivity contribution in [1.82, 2.24) is 24.3 Å². The van der Waals surface area contributed by atoms with E-state index < -0.39 is 0 Å². The van der Waals surface area contributed by atoms with E-state index in [4.69, 9.17) is 21.6 Å². The number of carbonyl (C=O) groups is 1. The van der Waals surface area contributed by atoms with Crippen molar-refractivity contribution in [1.29, 1.82) is 0 Å². The predicted octanol–water partition coefficient (Wildman–Crippen LogP) is 7.64. The smallest absolute Gasteiger partial charge is 0.257 e. The highest BCUT2D eigenvalue weighted by atomic mass is 35.5. The Balaban J connectivity index is 1.15. The van der Waals surface area contributed by atoms with Crippen LogP contribution in [0.1, 0.15) is 23.2 Å². The first kappa shape index (κ1) is 30.4. The molecule has 0 bridgehead atoms. The fourth-order valence-electron chi connectivity index (χ4n) is 6.11. The summed E-state index contributed by atoms with van der Waals surface area (Å²) in [4.78, 5) is 32.2. The minimum atomic E-state index is -0.281. The van der Waals surface area contributed by atoms with E-state index in [0.717, 1.165) is 41.4 Å². The van der Waals surface area contributed by atoms with Crippen LogP contribution in [0.2, 0.25) is 5.02 Å². The maximum Gasteiger partial charge on any atom is 0.257 e. The van der Waals surface area contributed by atoms with Gasteiger partial charge in [-0.1, -0.05) is 41.9 Å². The molecule has 1 fully saturated rings. The Morgan fingerprint density at radius 2 is 1.66 bits per heavy atom. The molecule has 236 valence electrons. The van der Waals surface area contributed by atoms with Crippen LogP contribution >= 0.6 is 11.6 Å². The average Bonchev–Trinajstić information content (AvgIpc) is 3.49. The van der Waals surface area contributed by atoms with Crippen LogP contribution in [0.4, 0.5) is 23.0 Å². The summed E-state index contributed by atoms with van der Waals surface area (Å²) in [6, 6.07) is 31.5. The lowest BCUT2D eigenvalue weighted by Crippen LogP contribution is -2.41. The minimum Gasteiger partial charge on any atom is -0.371 e. The second-order valence-corrected chi connectivity index (χ2v) is 12.3. The molecule has 1 aliphatic heterocycles. The van der Waals surface area contributed by atoms with Crippen LogP contribution in [0.5, 0.6) is 0 Å². The highest BCUT2D eigenvalue weighted by molar-refractivity contribution is 6.34. The fourth-order valence-corrected chi connectivity index (χ4v) is 6.33. The lowest BCUT2D eigenvalue weighted by Gasteiger charge is -2.36. The van der Waals surface area contributed by atoms with Crippen LogP contribution in [0, 0.1) is 0 Å². The molecule has 9 nitrogen and oxygen atoms in total. The molecule has 0 saturated carbocycles. The lowest BCUT2D eigenvalue weighted by molar-refractivity contribution is 0.102. The van der Waals surface area contributed by atoms with Crippen molar-refractivity contribution in [3.05, 3.63) is 120 Å². The summed E-state index contributed by atoms with van der Waals surface area (Å²) in [6.07, 6.45) is 6.06. The van der Waals surface area contributed by atoms with Gasteiger partial charge < -0.3 is 20.4 Å². The van der Waals surface area contributed by atoms with Crippen molar-refractivity contribution in [2.24, 2.45) is 0 Å². The Kier molecular flexibility index (Phi) is 8.56. The quantitative estimate of drug-likeness (QED) is 0.176. The van der Waals surface area contributed by atoms with Crippen molar-refractivity contribution in [3.8, 4) is 22.6 Å². The third-order valence-electron chi connectivity index (χ3n) is 8.62. The molecular weight excluding hydrogens is 608 g/mol. The van der Waals surface area contributed by atoms with Gasteiger partial charge in [0.05, 0.1) is 27.7 Å². The molecule has 3 aromatic carbocycles. The summed E-state index contributed by atoms with van der Waals surface area (Å²) < 4.78 is 2.02. The summed E-state index contributed by atoms with van der Waals surface area (Å²) in [7, 11) is 4.33. The molecule has 0 spiro atoms. The summed E-state index contributed by atoms with van der Waals surface area (Å²) in [6.45, 7) is 2.11. The fraction of sp³-hybridized carbons (Fsp3) is 0.189. The molecule has 1 saturated heterocycles. The number of aromatic nitrogens is 4. The average molecular weight is 643 g/mol. The number of hydrogen-bond acceptors (Lipinski definition) is 7. The number of nitrogens with zero attached hydrogens (tertiary/aromatic N) is 6. The molecule has 4 heterocycles. The van der Waals surface area contributed by atoms with E-state index in [1.807, 2.05) is 59.1 Å². The minimum absolute atomic E-state index is 0.281. The van der Waals surface area contributed by atoms with E-state index in [1.165, 1.54) is 18.5 Å².